The summed E-state index contributed by atoms with van der Waals surface area (Å²) in [6, 6.07) is 31.2. The van der Waals surface area contributed by atoms with Crippen LogP contribution in [-0.2, 0) is 24.3 Å². The fourth-order valence-electron chi connectivity index (χ4n) is 4.82. The topological polar surface area (TPSA) is 101 Å². The number of hydrogen-bond acceptors (Lipinski definition) is 7. The molecule has 0 bridgehead atoms. The number of rotatable bonds is 13. The predicted molar refractivity (Wildman–Crippen MR) is 172 cm³/mol. The van der Waals surface area contributed by atoms with Crippen LogP contribution in [0.5, 0.6) is 11.5 Å². The van der Waals surface area contributed by atoms with Crippen molar-refractivity contribution in [2.24, 2.45) is 0 Å². The molecule has 0 fully saturated rings. The summed E-state index contributed by atoms with van der Waals surface area (Å²) in [5.74, 6) is -0.0852. The fraction of sp³-hybridized carbons (Fsp3) is 0.171. The third kappa shape index (κ3) is 7.62. The van der Waals surface area contributed by atoms with Gasteiger partial charge in [0.1, 0.15) is 17.5 Å². The maximum Gasteiger partial charge on any atom is 0.326 e. The van der Waals surface area contributed by atoms with E-state index in [2.05, 4.69) is 22.3 Å². The number of thiazole rings is 1. The Bertz CT molecular complexity index is 1690. The lowest BCUT2D eigenvalue weighted by Gasteiger charge is -2.22. The number of amides is 1. The Kier molecular flexibility index (Phi) is 9.89. The second-order valence-corrected chi connectivity index (χ2v) is 11.0. The van der Waals surface area contributed by atoms with Crippen LogP contribution in [0.25, 0.3) is 11.3 Å². The van der Waals surface area contributed by atoms with Crippen LogP contribution in [0.4, 0.5) is 5.13 Å². The Morgan fingerprint density at radius 1 is 0.841 bits per heavy atom. The molecule has 5 rings (SSSR count). The molecule has 0 saturated carbocycles. The molecular formula is C35H33N3O5S. The summed E-state index contributed by atoms with van der Waals surface area (Å²) in [6.45, 7) is 1.18. The van der Waals surface area contributed by atoms with E-state index in [0.29, 0.717) is 24.4 Å². The summed E-state index contributed by atoms with van der Waals surface area (Å²) >= 11 is 1.54. The lowest BCUT2D eigenvalue weighted by Crippen LogP contribution is -2.42. The van der Waals surface area contributed by atoms with Crippen LogP contribution in [0.15, 0.2) is 109 Å². The number of hydrogen-bond donors (Lipinski definition) is 2. The van der Waals surface area contributed by atoms with Crippen molar-refractivity contribution in [3.8, 4) is 22.8 Å². The first-order chi connectivity index (χ1) is 21.4. The van der Waals surface area contributed by atoms with Gasteiger partial charge in [-0.2, -0.15) is 0 Å². The van der Waals surface area contributed by atoms with E-state index in [0.717, 1.165) is 38.8 Å². The summed E-state index contributed by atoms with van der Waals surface area (Å²) < 4.78 is 11.0. The average molecular weight is 608 g/mol. The molecule has 44 heavy (non-hydrogen) atoms. The van der Waals surface area contributed by atoms with Crippen LogP contribution < -0.4 is 19.7 Å². The highest BCUT2D eigenvalue weighted by atomic mass is 32.1. The van der Waals surface area contributed by atoms with Crippen molar-refractivity contribution in [1.82, 2.24) is 10.3 Å². The van der Waals surface area contributed by atoms with E-state index in [1.54, 1.807) is 37.7 Å². The van der Waals surface area contributed by atoms with Gasteiger partial charge in [-0.15, -0.1) is 11.3 Å². The molecule has 224 valence electrons. The first-order valence-corrected chi connectivity index (χ1v) is 14.9. The third-order valence-electron chi connectivity index (χ3n) is 7.14. The molecule has 0 spiro atoms. The van der Waals surface area contributed by atoms with Crippen LogP contribution in [0.2, 0.25) is 0 Å². The highest BCUT2D eigenvalue weighted by Gasteiger charge is 2.22. The zero-order chi connectivity index (χ0) is 30.9. The summed E-state index contributed by atoms with van der Waals surface area (Å²) in [4.78, 5) is 32.0. The molecule has 0 radical (unpaired) electrons. The number of aliphatic carboxylic acids is 1. The molecule has 1 unspecified atom stereocenters. The molecule has 0 aliphatic rings. The summed E-state index contributed by atoms with van der Waals surface area (Å²) in [5, 5.41) is 15.2. The molecule has 1 amide bonds. The Labute approximate surface area is 260 Å². The number of aromatic nitrogens is 1. The van der Waals surface area contributed by atoms with Gasteiger partial charge in [0, 0.05) is 36.0 Å². The van der Waals surface area contributed by atoms with Gasteiger partial charge in [-0.1, -0.05) is 72.8 Å². The minimum Gasteiger partial charge on any atom is -0.497 e. The Morgan fingerprint density at radius 3 is 2.09 bits per heavy atom. The van der Waals surface area contributed by atoms with Crippen molar-refractivity contribution < 1.29 is 24.2 Å². The van der Waals surface area contributed by atoms with Crippen molar-refractivity contribution in [1.29, 1.82) is 0 Å². The Hall–Kier alpha value is -5.15. The van der Waals surface area contributed by atoms with Crippen molar-refractivity contribution in [2.45, 2.75) is 25.6 Å². The normalized spacial score (nSPS) is 11.4. The number of anilines is 1. The van der Waals surface area contributed by atoms with Crippen molar-refractivity contribution >= 4 is 28.3 Å². The lowest BCUT2D eigenvalue weighted by atomic mass is 10.1. The molecule has 5 aromatic rings. The number of carbonyl (C=O) groups excluding carboxylic acids is 1. The van der Waals surface area contributed by atoms with E-state index in [4.69, 9.17) is 14.5 Å². The number of methoxy groups -OCH3 is 2. The molecule has 0 saturated heterocycles. The molecule has 0 aliphatic carbocycles. The number of carboxylic acid groups (broad SMARTS) is 1. The standard InChI is InChI=1S/C35H33N3O5S/c1-42-28-17-18-32(43-2)29(20-28)31-23-44-35(37-31)38(21-25-11-7-4-8-12-25)22-26-13-15-27(16-14-26)33(39)36-30(34(40)41)19-24-9-5-3-6-10-24/h3-18,20,23,30H,19,21-22H2,1-2H3,(H,36,39)(H,40,41). The first-order valence-electron chi connectivity index (χ1n) is 14.1. The second-order valence-electron chi connectivity index (χ2n) is 10.2. The van der Waals surface area contributed by atoms with Crippen LogP contribution in [0, 0.1) is 0 Å². The number of ether oxygens (including phenoxy) is 2. The number of nitrogens with one attached hydrogen (secondary N) is 1. The van der Waals surface area contributed by atoms with Crippen LogP contribution in [0.3, 0.4) is 0 Å². The molecule has 2 N–H and O–H groups in total. The number of benzene rings is 4. The van der Waals surface area contributed by atoms with E-state index in [1.165, 1.54) is 0 Å². The van der Waals surface area contributed by atoms with Gasteiger partial charge >= 0.3 is 5.97 Å². The van der Waals surface area contributed by atoms with Crippen LogP contribution in [0.1, 0.15) is 27.0 Å². The molecule has 0 aliphatic heterocycles. The van der Waals surface area contributed by atoms with Gasteiger partial charge in [0.2, 0.25) is 0 Å². The van der Waals surface area contributed by atoms with E-state index in [1.807, 2.05) is 84.2 Å². The predicted octanol–water partition coefficient (Wildman–Crippen LogP) is 6.46. The van der Waals surface area contributed by atoms with E-state index in [9.17, 15) is 14.7 Å². The summed E-state index contributed by atoms with van der Waals surface area (Å²) in [5.41, 5.74) is 4.98. The smallest absolute Gasteiger partial charge is 0.326 e. The summed E-state index contributed by atoms with van der Waals surface area (Å²) in [6.07, 6.45) is 0.200. The van der Waals surface area contributed by atoms with Crippen LogP contribution >= 0.6 is 11.3 Å². The minimum absolute atomic E-state index is 0.200. The molecule has 1 aromatic heterocycles. The van der Waals surface area contributed by atoms with Gasteiger partial charge in [-0.3, -0.25) is 4.79 Å². The third-order valence-corrected chi connectivity index (χ3v) is 8.04. The van der Waals surface area contributed by atoms with Gasteiger partial charge in [0.15, 0.2) is 5.13 Å². The maximum atomic E-state index is 13.0. The maximum absolute atomic E-state index is 13.0. The zero-order valence-corrected chi connectivity index (χ0v) is 25.3. The number of nitrogens with zero attached hydrogens (tertiary/aromatic N) is 2. The molecule has 8 nitrogen and oxygen atoms in total. The Morgan fingerprint density at radius 2 is 1.48 bits per heavy atom. The Balaban J connectivity index is 1.34. The lowest BCUT2D eigenvalue weighted by molar-refractivity contribution is -0.139. The minimum atomic E-state index is -1.08. The first kappa shape index (κ1) is 30.3. The second kappa shape index (κ2) is 14.3. The molecule has 9 heteroatoms. The zero-order valence-electron chi connectivity index (χ0n) is 24.5. The van der Waals surface area contributed by atoms with E-state index < -0.39 is 17.9 Å². The van der Waals surface area contributed by atoms with Crippen molar-refractivity contribution in [2.75, 3.05) is 19.1 Å². The van der Waals surface area contributed by atoms with E-state index in [-0.39, 0.29) is 6.42 Å². The SMILES string of the molecule is COc1ccc(OC)c(-c2csc(N(Cc3ccccc3)Cc3ccc(C(=O)NC(Cc4ccccc4)C(=O)O)cc3)n2)c1. The van der Waals surface area contributed by atoms with Gasteiger partial charge in [-0.25, -0.2) is 9.78 Å². The number of carbonyl (C=O) groups is 2. The molecule has 1 atom stereocenters. The monoisotopic (exact) mass is 607 g/mol. The highest BCUT2D eigenvalue weighted by molar-refractivity contribution is 7.14. The van der Waals surface area contributed by atoms with Crippen molar-refractivity contribution in [3.05, 3.63) is 131 Å². The van der Waals surface area contributed by atoms with Gasteiger partial charge < -0.3 is 24.8 Å². The largest absolute Gasteiger partial charge is 0.497 e. The van der Waals surface area contributed by atoms with E-state index >= 15 is 0 Å². The van der Waals surface area contributed by atoms with Gasteiger partial charge in [0.25, 0.3) is 5.91 Å². The molecular weight excluding hydrogens is 574 g/mol. The van der Waals surface area contributed by atoms with Gasteiger partial charge in [0.05, 0.1) is 19.9 Å². The van der Waals surface area contributed by atoms with Crippen LogP contribution in [-0.4, -0.2) is 42.2 Å². The fourth-order valence-corrected chi connectivity index (χ4v) is 5.64. The summed E-state index contributed by atoms with van der Waals surface area (Å²) in [7, 11) is 3.26. The highest BCUT2D eigenvalue weighted by Crippen LogP contribution is 2.36. The van der Waals surface area contributed by atoms with Crippen molar-refractivity contribution in [3.63, 3.8) is 0 Å². The number of carboxylic acids is 1. The molecule has 4 aromatic carbocycles. The quantitative estimate of drug-likeness (QED) is 0.158. The average Bonchev–Trinajstić information content (AvgIpc) is 3.55. The van der Waals surface area contributed by atoms with Gasteiger partial charge in [-0.05, 0) is 47.0 Å². The molecule has 1 heterocycles.